The van der Waals surface area contributed by atoms with E-state index in [1.807, 2.05) is 0 Å². The second kappa shape index (κ2) is 6.02. The number of hydrogen-bond donors (Lipinski definition) is 0. The van der Waals surface area contributed by atoms with E-state index < -0.39 is 0 Å². The first-order valence-electron chi connectivity index (χ1n) is 6.29. The fourth-order valence-corrected chi connectivity index (χ4v) is 2.35. The van der Waals surface area contributed by atoms with Gasteiger partial charge >= 0.3 is 0 Å². The van der Waals surface area contributed by atoms with E-state index >= 15 is 0 Å². The van der Waals surface area contributed by atoms with Crippen molar-refractivity contribution in [2.24, 2.45) is 0 Å². The second-order valence-electron chi connectivity index (χ2n) is 4.77. The summed E-state index contributed by atoms with van der Waals surface area (Å²) in [5.41, 5.74) is 1.44. The summed E-state index contributed by atoms with van der Waals surface area (Å²) in [6, 6.07) is 10.8. The van der Waals surface area contributed by atoms with Crippen LogP contribution in [0.2, 0.25) is 0 Å². The van der Waals surface area contributed by atoms with Crippen LogP contribution in [0, 0.1) is 0 Å². The van der Waals surface area contributed by atoms with E-state index in [9.17, 15) is 0 Å². The van der Waals surface area contributed by atoms with Crippen LogP contribution in [0.25, 0.3) is 0 Å². The molecule has 1 aliphatic rings. The van der Waals surface area contributed by atoms with E-state index in [-0.39, 0.29) is 0 Å². The lowest BCUT2D eigenvalue weighted by Crippen LogP contribution is -2.34. The monoisotopic (exact) mass is 218 g/mol. The molecule has 0 unspecified atom stereocenters. The third-order valence-corrected chi connectivity index (χ3v) is 3.28. The zero-order chi connectivity index (χ0) is 11.2. The van der Waals surface area contributed by atoms with Crippen LogP contribution in [-0.2, 0) is 6.54 Å². The first-order chi connectivity index (χ1) is 7.84. The minimum absolute atomic E-state index is 1.12. The van der Waals surface area contributed by atoms with Gasteiger partial charge in [0.1, 0.15) is 0 Å². The molecule has 1 heterocycles. The van der Waals surface area contributed by atoms with Crippen LogP contribution < -0.4 is 0 Å². The third-order valence-electron chi connectivity index (χ3n) is 3.28. The maximum absolute atomic E-state index is 2.59. The summed E-state index contributed by atoms with van der Waals surface area (Å²) in [6.07, 6.45) is 2.59. The van der Waals surface area contributed by atoms with Crippen molar-refractivity contribution in [3.8, 4) is 0 Å². The average Bonchev–Trinajstić information content (AvgIpc) is 2.27. The molecule has 0 N–H and O–H groups in total. The molecule has 1 fully saturated rings. The lowest BCUT2D eigenvalue weighted by molar-refractivity contribution is 0.196. The topological polar surface area (TPSA) is 6.48 Å². The first-order valence-corrected chi connectivity index (χ1v) is 6.29. The highest BCUT2D eigenvalue weighted by Gasteiger charge is 2.10. The Morgan fingerprint density at radius 3 is 2.19 bits per heavy atom. The van der Waals surface area contributed by atoms with Gasteiger partial charge in [0, 0.05) is 6.54 Å². The van der Waals surface area contributed by atoms with Gasteiger partial charge in [-0.3, -0.25) is 4.90 Å². The predicted molar refractivity (Wildman–Crippen MR) is 68.5 cm³/mol. The Balaban J connectivity index is 1.85. The van der Waals surface area contributed by atoms with Crippen LogP contribution >= 0.6 is 0 Å². The van der Waals surface area contributed by atoms with Crippen LogP contribution in [0.15, 0.2) is 30.3 Å². The van der Waals surface area contributed by atoms with Crippen LogP contribution in [-0.4, -0.2) is 43.0 Å². The smallest absolute Gasteiger partial charge is 0.0233 e. The molecule has 2 heteroatoms. The van der Waals surface area contributed by atoms with Crippen molar-refractivity contribution in [2.45, 2.75) is 19.4 Å². The van der Waals surface area contributed by atoms with Gasteiger partial charge in [0.25, 0.3) is 0 Å². The van der Waals surface area contributed by atoms with Gasteiger partial charge in [0.15, 0.2) is 0 Å². The molecular weight excluding hydrogens is 196 g/mol. The zero-order valence-electron chi connectivity index (χ0n) is 10.2. The molecule has 1 saturated heterocycles. The predicted octanol–water partition coefficient (Wildman–Crippen LogP) is 2.21. The molecule has 0 aliphatic carbocycles. The Morgan fingerprint density at radius 2 is 1.56 bits per heavy atom. The lowest BCUT2D eigenvalue weighted by atomic mass is 10.2. The van der Waals surface area contributed by atoms with Gasteiger partial charge in [-0.2, -0.15) is 0 Å². The largest absolute Gasteiger partial charge is 0.306 e. The van der Waals surface area contributed by atoms with Crippen molar-refractivity contribution in [1.82, 2.24) is 9.80 Å². The van der Waals surface area contributed by atoms with E-state index in [1.54, 1.807) is 0 Å². The maximum Gasteiger partial charge on any atom is 0.0233 e. The quantitative estimate of drug-likeness (QED) is 0.751. The molecule has 1 aromatic carbocycles. The van der Waals surface area contributed by atoms with E-state index in [4.69, 9.17) is 0 Å². The SMILES string of the molecule is CN1CCCN(Cc2ccccc2)CCC1. The highest BCUT2D eigenvalue weighted by Crippen LogP contribution is 2.08. The van der Waals surface area contributed by atoms with Crippen molar-refractivity contribution in [3.05, 3.63) is 35.9 Å². The molecular formula is C14H22N2. The van der Waals surface area contributed by atoms with Crippen LogP contribution in [0.4, 0.5) is 0 Å². The molecule has 1 aromatic rings. The molecule has 0 atom stereocenters. The number of hydrogen-bond acceptors (Lipinski definition) is 2. The summed E-state index contributed by atoms with van der Waals surface area (Å²) in [5.74, 6) is 0. The molecule has 0 radical (unpaired) electrons. The summed E-state index contributed by atoms with van der Waals surface area (Å²) in [6.45, 7) is 6.07. The van der Waals surface area contributed by atoms with Crippen molar-refractivity contribution >= 4 is 0 Å². The van der Waals surface area contributed by atoms with Gasteiger partial charge in [0.2, 0.25) is 0 Å². The summed E-state index contributed by atoms with van der Waals surface area (Å²) in [7, 11) is 2.23. The second-order valence-corrected chi connectivity index (χ2v) is 4.77. The van der Waals surface area contributed by atoms with Crippen molar-refractivity contribution in [1.29, 1.82) is 0 Å². The van der Waals surface area contributed by atoms with Crippen molar-refractivity contribution < 1.29 is 0 Å². The Labute approximate surface area is 98.9 Å². The molecule has 0 aromatic heterocycles. The van der Waals surface area contributed by atoms with Crippen LogP contribution in [0.1, 0.15) is 18.4 Å². The molecule has 0 spiro atoms. The molecule has 2 rings (SSSR count). The molecule has 16 heavy (non-hydrogen) atoms. The summed E-state index contributed by atoms with van der Waals surface area (Å²) in [4.78, 5) is 5.03. The molecule has 0 amide bonds. The fourth-order valence-electron chi connectivity index (χ4n) is 2.35. The van der Waals surface area contributed by atoms with Gasteiger partial charge in [-0.05, 0) is 51.6 Å². The van der Waals surface area contributed by atoms with Gasteiger partial charge < -0.3 is 4.90 Å². The zero-order valence-corrected chi connectivity index (χ0v) is 10.2. The highest BCUT2D eigenvalue weighted by atomic mass is 15.2. The van der Waals surface area contributed by atoms with Crippen molar-refractivity contribution in [2.75, 3.05) is 33.2 Å². The number of nitrogens with zero attached hydrogens (tertiary/aromatic N) is 2. The Bertz CT molecular complexity index is 287. The van der Waals surface area contributed by atoms with E-state index in [2.05, 4.69) is 47.2 Å². The standard InChI is InChI=1S/C14H22N2/c1-15-9-5-11-16(12-6-10-15)13-14-7-3-2-4-8-14/h2-4,7-8H,5-6,9-13H2,1H3. The summed E-state index contributed by atoms with van der Waals surface area (Å²) in [5, 5.41) is 0. The van der Waals surface area contributed by atoms with Gasteiger partial charge in [-0.25, -0.2) is 0 Å². The van der Waals surface area contributed by atoms with Gasteiger partial charge in [-0.1, -0.05) is 30.3 Å². The number of benzene rings is 1. The molecule has 1 aliphatic heterocycles. The van der Waals surface area contributed by atoms with E-state index in [0.717, 1.165) is 6.54 Å². The Morgan fingerprint density at radius 1 is 0.938 bits per heavy atom. The minimum Gasteiger partial charge on any atom is -0.306 e. The normalized spacial score (nSPS) is 20.3. The summed E-state index contributed by atoms with van der Waals surface area (Å²) >= 11 is 0. The van der Waals surface area contributed by atoms with Crippen LogP contribution in [0.3, 0.4) is 0 Å². The number of rotatable bonds is 2. The Hall–Kier alpha value is -0.860. The maximum atomic E-state index is 2.59. The average molecular weight is 218 g/mol. The third kappa shape index (κ3) is 3.62. The Kier molecular flexibility index (Phi) is 4.37. The van der Waals surface area contributed by atoms with E-state index in [1.165, 1.54) is 44.6 Å². The fraction of sp³-hybridized carbons (Fsp3) is 0.571. The minimum atomic E-state index is 1.12. The van der Waals surface area contributed by atoms with E-state index in [0.29, 0.717) is 0 Å². The highest BCUT2D eigenvalue weighted by molar-refractivity contribution is 5.14. The molecule has 0 bridgehead atoms. The van der Waals surface area contributed by atoms with Crippen molar-refractivity contribution in [3.63, 3.8) is 0 Å². The molecule has 88 valence electrons. The van der Waals surface area contributed by atoms with Gasteiger partial charge in [0.05, 0.1) is 0 Å². The molecule has 0 saturated carbocycles. The lowest BCUT2D eigenvalue weighted by Gasteiger charge is -2.28. The first kappa shape index (κ1) is 11.6. The summed E-state index contributed by atoms with van der Waals surface area (Å²) < 4.78 is 0. The van der Waals surface area contributed by atoms with Gasteiger partial charge in [-0.15, -0.1) is 0 Å². The van der Waals surface area contributed by atoms with Crippen LogP contribution in [0.5, 0.6) is 0 Å². The molecule has 2 nitrogen and oxygen atoms in total.